The van der Waals surface area contributed by atoms with Gasteiger partial charge in [-0.05, 0) is 43.2 Å². The molecular formula is C18H23ClFNO3. The molecule has 1 aromatic rings. The molecule has 1 amide bonds. The Morgan fingerprint density at radius 2 is 2.08 bits per heavy atom. The lowest BCUT2D eigenvalue weighted by Crippen LogP contribution is -2.58. The van der Waals surface area contributed by atoms with Gasteiger partial charge in [0, 0.05) is 10.6 Å². The summed E-state index contributed by atoms with van der Waals surface area (Å²) in [6, 6.07) is 4.28. The number of benzene rings is 1. The zero-order valence-electron chi connectivity index (χ0n) is 14.2. The van der Waals surface area contributed by atoms with Crippen LogP contribution in [0.3, 0.4) is 0 Å². The van der Waals surface area contributed by atoms with E-state index in [0.29, 0.717) is 18.8 Å². The number of ether oxygens (including phenoxy) is 1. The van der Waals surface area contributed by atoms with Crippen molar-refractivity contribution in [2.24, 2.45) is 11.8 Å². The number of hydrogen-bond donors (Lipinski definition) is 1. The molecule has 0 saturated heterocycles. The number of hydrogen-bond acceptors (Lipinski definition) is 3. The van der Waals surface area contributed by atoms with Crippen molar-refractivity contribution in [3.05, 3.63) is 34.6 Å². The molecule has 0 bridgehead atoms. The van der Waals surface area contributed by atoms with Crippen molar-refractivity contribution < 1.29 is 18.7 Å². The van der Waals surface area contributed by atoms with Gasteiger partial charge in [0.05, 0.1) is 13.5 Å². The Bertz CT molecular complexity index is 616. The van der Waals surface area contributed by atoms with Gasteiger partial charge in [-0.2, -0.15) is 0 Å². The third-order valence-electron chi connectivity index (χ3n) is 5.02. The second kappa shape index (κ2) is 7.51. The van der Waals surface area contributed by atoms with Gasteiger partial charge in [0.2, 0.25) is 5.91 Å². The minimum atomic E-state index is -1.05. The normalized spacial score (nSPS) is 26.7. The van der Waals surface area contributed by atoms with Crippen molar-refractivity contribution in [2.75, 3.05) is 7.11 Å². The first kappa shape index (κ1) is 18.7. The lowest BCUT2D eigenvalue weighted by molar-refractivity contribution is -0.154. The lowest BCUT2D eigenvalue weighted by atomic mass is 9.71. The van der Waals surface area contributed by atoms with Crippen LogP contribution in [0.5, 0.6) is 0 Å². The SMILES string of the molecule is COC(=O)C1(NC(=O)Cc2c(F)cccc2Cl)CCC(C)C(C)C1. The summed E-state index contributed by atoms with van der Waals surface area (Å²) in [4.78, 5) is 24.8. The molecule has 0 heterocycles. The molecule has 0 aliphatic heterocycles. The van der Waals surface area contributed by atoms with E-state index >= 15 is 0 Å². The second-order valence-corrected chi connectivity index (χ2v) is 7.10. The molecule has 3 unspecified atom stereocenters. The Kier molecular flexibility index (Phi) is 5.86. The van der Waals surface area contributed by atoms with E-state index in [1.54, 1.807) is 0 Å². The summed E-state index contributed by atoms with van der Waals surface area (Å²) in [6.45, 7) is 4.19. The van der Waals surface area contributed by atoms with Gasteiger partial charge in [0.25, 0.3) is 0 Å². The Hall–Kier alpha value is -1.62. The summed E-state index contributed by atoms with van der Waals surface area (Å²) in [7, 11) is 1.31. The summed E-state index contributed by atoms with van der Waals surface area (Å²) in [5, 5.41) is 3.00. The third-order valence-corrected chi connectivity index (χ3v) is 5.38. The molecule has 4 nitrogen and oxygen atoms in total. The number of carbonyl (C=O) groups excluding carboxylic acids is 2. The summed E-state index contributed by atoms with van der Waals surface area (Å²) in [5.74, 6) is -0.672. The molecule has 1 N–H and O–H groups in total. The van der Waals surface area contributed by atoms with Crippen molar-refractivity contribution in [2.45, 2.75) is 45.1 Å². The predicted octanol–water partition coefficient (Wildman–Crippen LogP) is 3.51. The predicted molar refractivity (Wildman–Crippen MR) is 90.2 cm³/mol. The highest BCUT2D eigenvalue weighted by Gasteiger charge is 2.45. The number of amides is 1. The molecule has 0 aromatic heterocycles. The van der Waals surface area contributed by atoms with E-state index in [4.69, 9.17) is 16.3 Å². The quantitative estimate of drug-likeness (QED) is 0.841. The first-order chi connectivity index (χ1) is 11.3. The van der Waals surface area contributed by atoms with Crippen LogP contribution >= 0.6 is 11.6 Å². The highest BCUT2D eigenvalue weighted by Crippen LogP contribution is 2.37. The second-order valence-electron chi connectivity index (χ2n) is 6.70. The van der Waals surface area contributed by atoms with Gasteiger partial charge < -0.3 is 10.1 Å². The molecule has 0 spiro atoms. The van der Waals surface area contributed by atoms with Crippen LogP contribution in [0, 0.1) is 17.7 Å². The molecule has 1 aliphatic rings. The first-order valence-electron chi connectivity index (χ1n) is 8.11. The first-order valence-corrected chi connectivity index (χ1v) is 8.49. The van der Waals surface area contributed by atoms with Crippen molar-refractivity contribution in [3.8, 4) is 0 Å². The van der Waals surface area contributed by atoms with Crippen LogP contribution in [0.1, 0.15) is 38.7 Å². The van der Waals surface area contributed by atoms with Gasteiger partial charge in [0.1, 0.15) is 11.4 Å². The highest BCUT2D eigenvalue weighted by molar-refractivity contribution is 6.31. The van der Waals surface area contributed by atoms with Gasteiger partial charge in [-0.1, -0.05) is 31.5 Å². The largest absolute Gasteiger partial charge is 0.467 e. The topological polar surface area (TPSA) is 55.4 Å². The number of rotatable bonds is 4. The molecule has 2 rings (SSSR count). The van der Waals surface area contributed by atoms with E-state index < -0.39 is 23.2 Å². The maximum atomic E-state index is 13.9. The molecule has 3 atom stereocenters. The van der Waals surface area contributed by atoms with E-state index in [1.165, 1.54) is 25.3 Å². The summed E-state index contributed by atoms with van der Waals surface area (Å²) < 4.78 is 18.8. The van der Waals surface area contributed by atoms with Crippen molar-refractivity contribution in [3.63, 3.8) is 0 Å². The Morgan fingerprint density at radius 1 is 1.38 bits per heavy atom. The molecule has 1 saturated carbocycles. The summed E-state index contributed by atoms with van der Waals surface area (Å²) >= 11 is 5.97. The van der Waals surface area contributed by atoms with Crippen LogP contribution in [-0.2, 0) is 20.7 Å². The smallest absolute Gasteiger partial charge is 0.331 e. The third kappa shape index (κ3) is 3.89. The molecule has 132 valence electrons. The van der Waals surface area contributed by atoms with E-state index in [0.717, 1.165) is 6.42 Å². The zero-order chi connectivity index (χ0) is 17.9. The number of methoxy groups -OCH3 is 1. The van der Waals surface area contributed by atoms with E-state index in [1.807, 2.05) is 0 Å². The summed E-state index contributed by atoms with van der Waals surface area (Å²) in [6.07, 6.45) is 1.63. The number of nitrogens with one attached hydrogen (secondary N) is 1. The maximum absolute atomic E-state index is 13.9. The van der Waals surface area contributed by atoms with Crippen molar-refractivity contribution in [1.82, 2.24) is 5.32 Å². The van der Waals surface area contributed by atoms with Crippen LogP contribution in [0.25, 0.3) is 0 Å². The Labute approximate surface area is 146 Å². The Morgan fingerprint density at radius 3 is 2.67 bits per heavy atom. The lowest BCUT2D eigenvalue weighted by Gasteiger charge is -2.41. The molecule has 24 heavy (non-hydrogen) atoms. The van der Waals surface area contributed by atoms with Crippen LogP contribution in [0.4, 0.5) is 4.39 Å². The Balaban J connectivity index is 2.18. The van der Waals surface area contributed by atoms with Gasteiger partial charge in [-0.25, -0.2) is 9.18 Å². The molecular weight excluding hydrogens is 333 g/mol. The molecule has 0 radical (unpaired) electrons. The van der Waals surface area contributed by atoms with Crippen LogP contribution < -0.4 is 5.32 Å². The molecule has 1 aliphatic carbocycles. The molecule has 1 fully saturated rings. The van der Waals surface area contributed by atoms with Crippen LogP contribution in [0.2, 0.25) is 5.02 Å². The van der Waals surface area contributed by atoms with E-state index in [-0.39, 0.29) is 22.9 Å². The fourth-order valence-electron chi connectivity index (χ4n) is 3.33. The average Bonchev–Trinajstić information content (AvgIpc) is 2.54. The number of esters is 1. The number of carbonyl (C=O) groups is 2. The minimum Gasteiger partial charge on any atom is -0.467 e. The van der Waals surface area contributed by atoms with Gasteiger partial charge >= 0.3 is 5.97 Å². The minimum absolute atomic E-state index is 0.133. The van der Waals surface area contributed by atoms with Gasteiger partial charge in [-0.3, -0.25) is 4.79 Å². The van der Waals surface area contributed by atoms with Crippen LogP contribution in [-0.4, -0.2) is 24.5 Å². The monoisotopic (exact) mass is 355 g/mol. The van der Waals surface area contributed by atoms with E-state index in [9.17, 15) is 14.0 Å². The average molecular weight is 356 g/mol. The zero-order valence-corrected chi connectivity index (χ0v) is 15.0. The van der Waals surface area contributed by atoms with E-state index in [2.05, 4.69) is 19.2 Å². The standard InChI is InChI=1S/C18H23ClFNO3/c1-11-7-8-18(10-12(11)2,17(23)24-3)21-16(22)9-13-14(19)5-4-6-15(13)20/h4-6,11-12H,7-10H2,1-3H3,(H,21,22). The van der Waals surface area contributed by atoms with Crippen molar-refractivity contribution in [1.29, 1.82) is 0 Å². The summed E-state index contributed by atoms with van der Waals surface area (Å²) in [5.41, 5.74) is -0.913. The van der Waals surface area contributed by atoms with Gasteiger partial charge in [0.15, 0.2) is 0 Å². The maximum Gasteiger partial charge on any atom is 0.331 e. The van der Waals surface area contributed by atoms with Crippen molar-refractivity contribution >= 4 is 23.5 Å². The fraction of sp³-hybridized carbons (Fsp3) is 0.556. The molecule has 1 aromatic carbocycles. The fourth-order valence-corrected chi connectivity index (χ4v) is 3.56. The molecule has 6 heteroatoms. The number of halogens is 2. The highest BCUT2D eigenvalue weighted by atomic mass is 35.5. The van der Waals surface area contributed by atoms with Gasteiger partial charge in [-0.15, -0.1) is 0 Å². The van der Waals surface area contributed by atoms with Crippen LogP contribution in [0.15, 0.2) is 18.2 Å².